The van der Waals surface area contributed by atoms with E-state index in [1.807, 2.05) is 51.1 Å². The first kappa shape index (κ1) is 23.8. The first-order valence-electron chi connectivity index (χ1n) is 11.9. The van der Waals surface area contributed by atoms with Gasteiger partial charge in [-0.15, -0.1) is 0 Å². The van der Waals surface area contributed by atoms with Crippen molar-refractivity contribution in [2.24, 2.45) is 0 Å². The first-order valence-corrected chi connectivity index (χ1v) is 11.9. The zero-order chi connectivity index (χ0) is 25.3. The smallest absolute Gasteiger partial charge is 0.187 e. The zero-order valence-corrected chi connectivity index (χ0v) is 20.9. The molecule has 36 heavy (non-hydrogen) atoms. The highest BCUT2D eigenvalue weighted by molar-refractivity contribution is 5.68. The monoisotopic (exact) mass is 480 g/mol. The van der Waals surface area contributed by atoms with Crippen molar-refractivity contribution in [3.63, 3.8) is 0 Å². The largest absolute Gasteiger partial charge is 0.377 e. The van der Waals surface area contributed by atoms with Gasteiger partial charge in [0, 0.05) is 29.9 Å². The van der Waals surface area contributed by atoms with E-state index in [2.05, 4.69) is 45.6 Å². The average Bonchev–Trinajstić information content (AvgIpc) is 3.37. The Balaban J connectivity index is 1.37. The molecule has 8 nitrogen and oxygen atoms in total. The number of rotatable bonds is 7. The molecule has 4 heterocycles. The molecule has 3 aromatic heterocycles. The molecule has 8 heteroatoms. The van der Waals surface area contributed by atoms with Gasteiger partial charge in [0.2, 0.25) is 0 Å². The predicted octanol–water partition coefficient (Wildman–Crippen LogP) is 4.85. The van der Waals surface area contributed by atoms with Gasteiger partial charge in [-0.1, -0.05) is 29.4 Å². The summed E-state index contributed by atoms with van der Waals surface area (Å²) in [4.78, 5) is 13.7. The third kappa shape index (κ3) is 4.76. The number of nitrogens with one attached hydrogen (secondary N) is 1. The van der Waals surface area contributed by atoms with Crippen molar-refractivity contribution in [3.8, 4) is 40.0 Å². The van der Waals surface area contributed by atoms with Crippen LogP contribution < -0.4 is 5.32 Å². The number of pyridine rings is 1. The highest BCUT2D eigenvalue weighted by Crippen LogP contribution is 2.30. The van der Waals surface area contributed by atoms with Crippen LogP contribution in [0.2, 0.25) is 0 Å². The molecule has 0 atom stereocenters. The summed E-state index contributed by atoms with van der Waals surface area (Å²) in [6.45, 7) is 10.0. The van der Waals surface area contributed by atoms with Crippen LogP contribution in [0.3, 0.4) is 0 Å². The topological polar surface area (TPSA) is 110 Å². The van der Waals surface area contributed by atoms with Gasteiger partial charge in [-0.2, -0.15) is 5.26 Å². The molecule has 0 radical (unpaired) electrons. The number of nitriles is 1. The minimum Gasteiger partial charge on any atom is -0.377 e. The number of aryl methyl sites for hydroxylation is 1. The molecule has 0 bridgehead atoms. The third-order valence-electron chi connectivity index (χ3n) is 6.48. The van der Waals surface area contributed by atoms with Crippen LogP contribution in [-0.2, 0) is 16.7 Å². The Labute approximate surface area is 210 Å². The van der Waals surface area contributed by atoms with E-state index in [1.165, 1.54) is 5.56 Å². The van der Waals surface area contributed by atoms with E-state index in [4.69, 9.17) is 14.2 Å². The molecule has 4 aromatic rings. The average molecular weight is 481 g/mol. The molecule has 0 spiro atoms. The molecule has 0 aliphatic carbocycles. The SMILES string of the molecule is Cc1ncc(-c2ccnc(C(C)(C)C#N)c2)nc1-c1cc(-c2ccc(CNC3(C)COC3)cc2)no1. The van der Waals surface area contributed by atoms with E-state index >= 15 is 0 Å². The summed E-state index contributed by atoms with van der Waals surface area (Å²) in [6, 6.07) is 16.2. The Bertz CT molecular complexity index is 1430. The summed E-state index contributed by atoms with van der Waals surface area (Å²) in [7, 11) is 0. The maximum absolute atomic E-state index is 9.48. The number of ether oxygens (including phenoxy) is 1. The van der Waals surface area contributed by atoms with Gasteiger partial charge in [0.15, 0.2) is 5.76 Å². The maximum atomic E-state index is 9.48. The molecule has 0 amide bonds. The normalized spacial score (nSPS) is 14.8. The van der Waals surface area contributed by atoms with E-state index in [0.717, 1.165) is 42.3 Å². The molecule has 0 unspecified atom stereocenters. The van der Waals surface area contributed by atoms with Crippen molar-refractivity contribution in [1.82, 2.24) is 25.4 Å². The highest BCUT2D eigenvalue weighted by atomic mass is 16.5. The fourth-order valence-corrected chi connectivity index (χ4v) is 3.95. The van der Waals surface area contributed by atoms with Gasteiger partial charge >= 0.3 is 0 Å². The lowest BCUT2D eigenvalue weighted by Crippen LogP contribution is -2.57. The first-order chi connectivity index (χ1) is 17.3. The van der Waals surface area contributed by atoms with Crippen molar-refractivity contribution in [2.75, 3.05) is 13.2 Å². The quantitative estimate of drug-likeness (QED) is 0.400. The van der Waals surface area contributed by atoms with Gasteiger partial charge in [0.1, 0.15) is 11.4 Å². The van der Waals surface area contributed by atoms with Gasteiger partial charge in [-0.05, 0) is 45.4 Å². The number of benzene rings is 1. The van der Waals surface area contributed by atoms with Crippen LogP contribution in [0.15, 0.2) is 59.4 Å². The van der Waals surface area contributed by atoms with E-state index in [9.17, 15) is 5.26 Å². The summed E-state index contributed by atoms with van der Waals surface area (Å²) >= 11 is 0. The molecule has 5 rings (SSSR count). The van der Waals surface area contributed by atoms with Crippen molar-refractivity contribution in [1.29, 1.82) is 5.26 Å². The molecular weight excluding hydrogens is 452 g/mol. The Kier molecular flexibility index (Phi) is 6.12. The van der Waals surface area contributed by atoms with E-state index in [-0.39, 0.29) is 5.54 Å². The molecule has 1 aliphatic heterocycles. The van der Waals surface area contributed by atoms with Crippen molar-refractivity contribution >= 4 is 0 Å². The van der Waals surface area contributed by atoms with Gasteiger partial charge in [0.05, 0.1) is 53.5 Å². The number of hydrogen-bond acceptors (Lipinski definition) is 8. The number of aromatic nitrogens is 4. The third-order valence-corrected chi connectivity index (χ3v) is 6.48. The minimum absolute atomic E-state index is 0.0663. The van der Waals surface area contributed by atoms with Gasteiger partial charge < -0.3 is 14.6 Å². The standard InChI is InChI=1S/C28H28N6O2/c1-18-26(33-23(14-31-18)21-9-10-30-25(11-21)27(2,3)15-29)24-12-22(34-36-24)20-7-5-19(6-8-20)13-32-28(4)16-35-17-28/h5-12,14,32H,13,16-17H2,1-4H3. The summed E-state index contributed by atoms with van der Waals surface area (Å²) < 4.78 is 11.0. The molecule has 1 fully saturated rings. The summed E-state index contributed by atoms with van der Waals surface area (Å²) in [5.74, 6) is 0.548. The van der Waals surface area contributed by atoms with Crippen LogP contribution >= 0.6 is 0 Å². The number of nitrogens with zero attached hydrogens (tertiary/aromatic N) is 5. The van der Waals surface area contributed by atoms with Crippen LogP contribution in [0.5, 0.6) is 0 Å². The van der Waals surface area contributed by atoms with Crippen LogP contribution in [0.4, 0.5) is 0 Å². The van der Waals surface area contributed by atoms with E-state index in [0.29, 0.717) is 22.8 Å². The van der Waals surface area contributed by atoms with Crippen LogP contribution in [0, 0.1) is 18.3 Å². The van der Waals surface area contributed by atoms with E-state index < -0.39 is 5.41 Å². The van der Waals surface area contributed by atoms with Gasteiger partial charge in [0.25, 0.3) is 0 Å². The lowest BCUT2D eigenvalue weighted by atomic mass is 9.90. The molecule has 182 valence electrons. The van der Waals surface area contributed by atoms with Crippen molar-refractivity contribution in [2.45, 2.75) is 45.2 Å². The number of hydrogen-bond donors (Lipinski definition) is 1. The minimum atomic E-state index is -0.702. The Morgan fingerprint density at radius 3 is 2.53 bits per heavy atom. The van der Waals surface area contributed by atoms with Gasteiger partial charge in [-0.25, -0.2) is 4.98 Å². The Morgan fingerprint density at radius 1 is 1.06 bits per heavy atom. The summed E-state index contributed by atoms with van der Waals surface area (Å²) in [6.07, 6.45) is 3.41. The second kappa shape index (κ2) is 9.26. The summed E-state index contributed by atoms with van der Waals surface area (Å²) in [5.41, 5.74) is 5.82. The Morgan fingerprint density at radius 2 is 1.83 bits per heavy atom. The van der Waals surface area contributed by atoms with E-state index in [1.54, 1.807) is 12.4 Å². The molecule has 1 aromatic carbocycles. The van der Waals surface area contributed by atoms with Crippen molar-refractivity contribution < 1.29 is 9.26 Å². The molecular formula is C28H28N6O2. The lowest BCUT2D eigenvalue weighted by molar-refractivity contribution is -0.0649. The second-order valence-electron chi connectivity index (χ2n) is 10.0. The predicted molar refractivity (Wildman–Crippen MR) is 136 cm³/mol. The highest BCUT2D eigenvalue weighted by Gasteiger charge is 2.32. The van der Waals surface area contributed by atoms with Gasteiger partial charge in [-0.3, -0.25) is 9.97 Å². The maximum Gasteiger partial charge on any atom is 0.187 e. The molecule has 1 saturated heterocycles. The van der Waals surface area contributed by atoms with Crippen LogP contribution in [0.1, 0.15) is 37.7 Å². The summed E-state index contributed by atoms with van der Waals surface area (Å²) in [5, 5.41) is 17.3. The fraction of sp³-hybridized carbons (Fsp3) is 0.321. The lowest BCUT2D eigenvalue weighted by Gasteiger charge is -2.39. The fourth-order valence-electron chi connectivity index (χ4n) is 3.95. The molecule has 1 aliphatic rings. The molecule has 1 N–H and O–H groups in total. The molecule has 0 saturated carbocycles. The zero-order valence-electron chi connectivity index (χ0n) is 20.9. The Hall–Kier alpha value is -3.93. The van der Waals surface area contributed by atoms with Crippen LogP contribution in [0.25, 0.3) is 34.0 Å². The second-order valence-corrected chi connectivity index (χ2v) is 10.0. The van der Waals surface area contributed by atoms with Crippen LogP contribution in [-0.4, -0.2) is 38.9 Å². The van der Waals surface area contributed by atoms with Crippen molar-refractivity contribution in [3.05, 3.63) is 71.8 Å².